The van der Waals surface area contributed by atoms with Crippen LogP contribution in [0.2, 0.25) is 0 Å². The van der Waals surface area contributed by atoms with Crippen molar-refractivity contribution in [3.8, 4) is 11.5 Å². The maximum atomic E-state index is 9.28. The van der Waals surface area contributed by atoms with E-state index in [2.05, 4.69) is 19.2 Å². The van der Waals surface area contributed by atoms with Crippen LogP contribution >= 0.6 is 0 Å². The Balaban J connectivity index is 2.33. The predicted octanol–water partition coefficient (Wildman–Crippen LogP) is 2.46. The minimum Gasteiger partial charge on any atom is -0.490 e. The van der Waals surface area contributed by atoms with Gasteiger partial charge in [-0.2, -0.15) is 0 Å². The topological polar surface area (TPSA) is 50.7 Å². The molecule has 0 saturated carbocycles. The summed E-state index contributed by atoms with van der Waals surface area (Å²) in [4.78, 5) is 0. The van der Waals surface area contributed by atoms with Gasteiger partial charge in [-0.05, 0) is 31.4 Å². The SMILES string of the molecule is CCOc1ccccc1OCCNC(CO)CC(C)C. The smallest absolute Gasteiger partial charge is 0.161 e. The van der Waals surface area contributed by atoms with Crippen LogP contribution in [0.1, 0.15) is 27.2 Å². The van der Waals surface area contributed by atoms with Crippen LogP contribution in [0.15, 0.2) is 24.3 Å². The second kappa shape index (κ2) is 9.61. The lowest BCUT2D eigenvalue weighted by molar-refractivity contribution is 0.212. The van der Waals surface area contributed by atoms with Gasteiger partial charge in [0.1, 0.15) is 6.61 Å². The molecule has 4 nitrogen and oxygen atoms in total. The molecule has 1 atom stereocenters. The average molecular weight is 281 g/mol. The normalized spacial score (nSPS) is 12.4. The van der Waals surface area contributed by atoms with Gasteiger partial charge in [0.25, 0.3) is 0 Å². The highest BCUT2D eigenvalue weighted by molar-refractivity contribution is 5.39. The molecule has 1 unspecified atom stereocenters. The van der Waals surface area contributed by atoms with Gasteiger partial charge in [0.05, 0.1) is 13.2 Å². The molecule has 0 aliphatic heterocycles. The molecule has 0 radical (unpaired) electrons. The molecule has 0 amide bonds. The standard InChI is InChI=1S/C16H27NO3/c1-4-19-15-7-5-6-8-16(15)20-10-9-17-14(12-18)11-13(2)3/h5-8,13-14,17-18H,4,9-12H2,1-3H3. The monoisotopic (exact) mass is 281 g/mol. The molecular weight excluding hydrogens is 254 g/mol. The molecule has 0 aliphatic rings. The average Bonchev–Trinajstić information content (AvgIpc) is 2.43. The summed E-state index contributed by atoms with van der Waals surface area (Å²) < 4.78 is 11.2. The van der Waals surface area contributed by atoms with Crippen molar-refractivity contribution in [3.05, 3.63) is 24.3 Å². The van der Waals surface area contributed by atoms with Gasteiger partial charge in [0, 0.05) is 12.6 Å². The number of aliphatic hydroxyl groups excluding tert-OH is 1. The highest BCUT2D eigenvalue weighted by Crippen LogP contribution is 2.26. The molecule has 20 heavy (non-hydrogen) atoms. The van der Waals surface area contributed by atoms with Gasteiger partial charge in [-0.25, -0.2) is 0 Å². The number of ether oxygens (including phenoxy) is 2. The van der Waals surface area contributed by atoms with Crippen LogP contribution in [0.4, 0.5) is 0 Å². The second-order valence-electron chi connectivity index (χ2n) is 5.19. The molecule has 1 aromatic rings. The zero-order chi connectivity index (χ0) is 14.8. The molecule has 1 aromatic carbocycles. The van der Waals surface area contributed by atoms with E-state index in [1.807, 2.05) is 31.2 Å². The third kappa shape index (κ3) is 6.26. The first-order valence-corrected chi connectivity index (χ1v) is 7.36. The quantitative estimate of drug-likeness (QED) is 0.647. The molecule has 0 bridgehead atoms. The van der Waals surface area contributed by atoms with Crippen LogP contribution in [-0.4, -0.2) is 37.5 Å². The zero-order valence-corrected chi connectivity index (χ0v) is 12.8. The lowest BCUT2D eigenvalue weighted by Crippen LogP contribution is -2.36. The number of nitrogens with one attached hydrogen (secondary N) is 1. The highest BCUT2D eigenvalue weighted by atomic mass is 16.5. The minimum absolute atomic E-state index is 0.140. The van der Waals surface area contributed by atoms with Gasteiger partial charge in [-0.3, -0.25) is 0 Å². The van der Waals surface area contributed by atoms with E-state index >= 15 is 0 Å². The van der Waals surface area contributed by atoms with E-state index in [9.17, 15) is 5.11 Å². The summed E-state index contributed by atoms with van der Waals surface area (Å²) in [7, 11) is 0. The van der Waals surface area contributed by atoms with Gasteiger partial charge >= 0.3 is 0 Å². The number of aliphatic hydroxyl groups is 1. The number of hydrogen-bond acceptors (Lipinski definition) is 4. The Morgan fingerprint density at radius 2 is 1.80 bits per heavy atom. The van der Waals surface area contributed by atoms with Crippen molar-refractivity contribution >= 4 is 0 Å². The summed E-state index contributed by atoms with van der Waals surface area (Å²) in [6.07, 6.45) is 0.964. The van der Waals surface area contributed by atoms with E-state index in [1.54, 1.807) is 0 Å². The largest absolute Gasteiger partial charge is 0.490 e. The molecular formula is C16H27NO3. The first-order chi connectivity index (χ1) is 9.67. The lowest BCUT2D eigenvalue weighted by atomic mass is 10.0. The summed E-state index contributed by atoms with van der Waals surface area (Å²) >= 11 is 0. The van der Waals surface area contributed by atoms with Gasteiger partial charge in [-0.1, -0.05) is 26.0 Å². The number of para-hydroxylation sites is 2. The maximum absolute atomic E-state index is 9.28. The van der Waals surface area contributed by atoms with Crippen molar-refractivity contribution in [2.45, 2.75) is 33.2 Å². The molecule has 0 fully saturated rings. The number of hydrogen-bond donors (Lipinski definition) is 2. The van der Waals surface area contributed by atoms with Crippen molar-refractivity contribution < 1.29 is 14.6 Å². The van der Waals surface area contributed by atoms with Gasteiger partial charge in [-0.15, -0.1) is 0 Å². The van der Waals surface area contributed by atoms with Crippen LogP contribution in [0.3, 0.4) is 0 Å². The highest BCUT2D eigenvalue weighted by Gasteiger charge is 2.09. The molecule has 0 heterocycles. The third-order valence-electron chi connectivity index (χ3n) is 2.92. The Kier molecular flexibility index (Phi) is 8.07. The van der Waals surface area contributed by atoms with Gasteiger partial charge in [0.15, 0.2) is 11.5 Å². The molecule has 0 saturated heterocycles. The van der Waals surface area contributed by atoms with Gasteiger partial charge < -0.3 is 19.9 Å². The fraction of sp³-hybridized carbons (Fsp3) is 0.625. The van der Waals surface area contributed by atoms with E-state index in [4.69, 9.17) is 9.47 Å². The van der Waals surface area contributed by atoms with E-state index in [0.29, 0.717) is 25.7 Å². The molecule has 0 spiro atoms. The Hall–Kier alpha value is -1.26. The van der Waals surface area contributed by atoms with E-state index in [-0.39, 0.29) is 12.6 Å². The molecule has 4 heteroatoms. The van der Waals surface area contributed by atoms with Crippen molar-refractivity contribution in [2.75, 3.05) is 26.4 Å². The molecule has 114 valence electrons. The van der Waals surface area contributed by atoms with E-state index in [0.717, 1.165) is 17.9 Å². The molecule has 0 aromatic heterocycles. The van der Waals surface area contributed by atoms with E-state index < -0.39 is 0 Å². The number of benzene rings is 1. The summed E-state index contributed by atoms with van der Waals surface area (Å²) in [5.74, 6) is 2.11. The maximum Gasteiger partial charge on any atom is 0.161 e. The molecule has 0 aliphatic carbocycles. The fourth-order valence-corrected chi connectivity index (χ4v) is 2.06. The molecule has 2 N–H and O–H groups in total. The second-order valence-corrected chi connectivity index (χ2v) is 5.19. The van der Waals surface area contributed by atoms with Crippen molar-refractivity contribution in [2.24, 2.45) is 5.92 Å². The Morgan fingerprint density at radius 3 is 2.35 bits per heavy atom. The first-order valence-electron chi connectivity index (χ1n) is 7.36. The van der Waals surface area contributed by atoms with Crippen molar-refractivity contribution in [1.29, 1.82) is 0 Å². The molecule has 1 rings (SSSR count). The Morgan fingerprint density at radius 1 is 1.15 bits per heavy atom. The van der Waals surface area contributed by atoms with Crippen molar-refractivity contribution in [3.63, 3.8) is 0 Å². The number of rotatable bonds is 10. The van der Waals surface area contributed by atoms with Crippen LogP contribution < -0.4 is 14.8 Å². The van der Waals surface area contributed by atoms with Crippen LogP contribution in [0.5, 0.6) is 11.5 Å². The third-order valence-corrected chi connectivity index (χ3v) is 2.92. The Bertz CT molecular complexity index is 368. The van der Waals surface area contributed by atoms with Crippen LogP contribution in [0.25, 0.3) is 0 Å². The van der Waals surface area contributed by atoms with Crippen LogP contribution in [-0.2, 0) is 0 Å². The minimum atomic E-state index is 0.140. The zero-order valence-electron chi connectivity index (χ0n) is 12.8. The van der Waals surface area contributed by atoms with E-state index in [1.165, 1.54) is 0 Å². The summed E-state index contributed by atoms with van der Waals surface area (Å²) in [5, 5.41) is 12.6. The van der Waals surface area contributed by atoms with Crippen molar-refractivity contribution in [1.82, 2.24) is 5.32 Å². The van der Waals surface area contributed by atoms with Crippen LogP contribution in [0, 0.1) is 5.92 Å². The lowest BCUT2D eigenvalue weighted by Gasteiger charge is -2.18. The summed E-state index contributed by atoms with van der Waals surface area (Å²) in [5.41, 5.74) is 0. The first kappa shape index (κ1) is 16.8. The summed E-state index contributed by atoms with van der Waals surface area (Å²) in [6.45, 7) is 8.30. The predicted molar refractivity (Wildman–Crippen MR) is 81.4 cm³/mol. The van der Waals surface area contributed by atoms with Gasteiger partial charge in [0.2, 0.25) is 0 Å². The Labute approximate surface area is 122 Å². The summed E-state index contributed by atoms with van der Waals surface area (Å²) in [6, 6.07) is 7.81. The fourth-order valence-electron chi connectivity index (χ4n) is 2.06.